The minimum Gasteiger partial charge on any atom is -0.492 e. The van der Waals surface area contributed by atoms with Gasteiger partial charge in [0.05, 0.1) is 12.3 Å². The third kappa shape index (κ3) is 2.56. The van der Waals surface area contributed by atoms with E-state index in [-0.39, 0.29) is 6.03 Å². The third-order valence-electron chi connectivity index (χ3n) is 4.19. The Hall–Kier alpha value is -1.46. The highest BCUT2D eigenvalue weighted by Gasteiger charge is 2.49. The average molecular weight is 310 g/mol. The number of carbonyl (C=O) groups is 1. The maximum Gasteiger partial charge on any atom is 0.324 e. The van der Waals surface area contributed by atoms with Gasteiger partial charge in [-0.05, 0) is 19.1 Å². The summed E-state index contributed by atoms with van der Waals surface area (Å²) in [4.78, 5) is 16.1. The van der Waals surface area contributed by atoms with Gasteiger partial charge < -0.3 is 15.0 Å². The van der Waals surface area contributed by atoms with Crippen molar-refractivity contribution in [1.29, 1.82) is 0 Å². The highest BCUT2D eigenvalue weighted by molar-refractivity contribution is 6.30. The summed E-state index contributed by atoms with van der Waals surface area (Å²) in [6.45, 7) is 6.15. The van der Waals surface area contributed by atoms with Gasteiger partial charge in [0.2, 0.25) is 0 Å². The van der Waals surface area contributed by atoms with Crippen molar-refractivity contribution in [3.63, 3.8) is 0 Å². The minimum atomic E-state index is 0.0100. The highest BCUT2D eigenvalue weighted by Crippen LogP contribution is 2.36. The molecule has 2 fully saturated rings. The molecule has 0 unspecified atom stereocenters. The molecule has 21 heavy (non-hydrogen) atoms. The van der Waals surface area contributed by atoms with Crippen LogP contribution in [0.1, 0.15) is 6.92 Å². The lowest BCUT2D eigenvalue weighted by molar-refractivity contribution is -0.00877. The number of nitrogens with one attached hydrogen (secondary N) is 1. The van der Waals surface area contributed by atoms with Crippen LogP contribution in [0.25, 0.3) is 0 Å². The number of benzene rings is 1. The second kappa shape index (κ2) is 5.39. The van der Waals surface area contributed by atoms with Gasteiger partial charge in [0, 0.05) is 49.7 Å². The van der Waals surface area contributed by atoms with Crippen molar-refractivity contribution in [2.45, 2.75) is 6.92 Å². The van der Waals surface area contributed by atoms with Crippen molar-refractivity contribution in [3.05, 3.63) is 23.2 Å². The summed E-state index contributed by atoms with van der Waals surface area (Å²) >= 11 is 6.00. The number of nitrogens with zero attached hydrogens (tertiary/aromatic N) is 2. The Balaban J connectivity index is 1.72. The quantitative estimate of drug-likeness (QED) is 0.931. The van der Waals surface area contributed by atoms with Gasteiger partial charge >= 0.3 is 6.03 Å². The Morgan fingerprint density at radius 1 is 1.48 bits per heavy atom. The van der Waals surface area contributed by atoms with Gasteiger partial charge in [-0.25, -0.2) is 4.79 Å². The average Bonchev–Trinajstić information content (AvgIpc) is 2.35. The van der Waals surface area contributed by atoms with Crippen LogP contribution in [0.5, 0.6) is 5.75 Å². The van der Waals surface area contributed by atoms with Crippen molar-refractivity contribution in [2.24, 2.45) is 5.41 Å². The van der Waals surface area contributed by atoms with Crippen LogP contribution >= 0.6 is 11.6 Å². The van der Waals surface area contributed by atoms with E-state index in [2.05, 4.69) is 5.32 Å². The monoisotopic (exact) mass is 309 g/mol. The fourth-order valence-corrected chi connectivity index (χ4v) is 3.11. The molecule has 0 aliphatic carbocycles. The Labute approximate surface area is 129 Å². The lowest BCUT2D eigenvalue weighted by Crippen LogP contribution is -2.72. The Kier molecular flexibility index (Phi) is 3.71. The number of amides is 2. The molecule has 2 amide bonds. The smallest absolute Gasteiger partial charge is 0.324 e. The lowest BCUT2D eigenvalue weighted by Gasteiger charge is -2.56. The number of halogens is 1. The molecule has 0 bridgehead atoms. The number of hydrogen-bond acceptors (Lipinski definition) is 3. The number of ether oxygens (including phenoxy) is 1. The standard InChI is InChI=1S/C15H20ClN3O2/c1-3-21-13-6-11(16)4-5-12(13)18(2)14(20)19-9-15(10-19)7-17-8-15/h4-6,17H,3,7-10H2,1-2H3. The summed E-state index contributed by atoms with van der Waals surface area (Å²) in [5.41, 5.74) is 1.08. The molecule has 1 aromatic carbocycles. The zero-order valence-electron chi connectivity index (χ0n) is 12.4. The first kappa shape index (κ1) is 14.5. The van der Waals surface area contributed by atoms with Crippen LogP contribution in [-0.4, -0.2) is 50.8 Å². The molecule has 0 saturated carbocycles. The van der Waals surface area contributed by atoms with Crippen LogP contribution in [0.4, 0.5) is 10.5 Å². The van der Waals surface area contributed by atoms with Crippen LogP contribution in [0.3, 0.4) is 0 Å². The number of hydrogen-bond donors (Lipinski definition) is 1. The van der Waals surface area contributed by atoms with Gasteiger partial charge in [-0.15, -0.1) is 0 Å². The number of anilines is 1. The van der Waals surface area contributed by atoms with Crippen LogP contribution < -0.4 is 15.0 Å². The van der Waals surface area contributed by atoms with Crippen LogP contribution in [0.2, 0.25) is 5.02 Å². The molecule has 2 heterocycles. The summed E-state index contributed by atoms with van der Waals surface area (Å²) in [7, 11) is 1.78. The molecular weight excluding hydrogens is 290 g/mol. The SMILES string of the molecule is CCOc1cc(Cl)ccc1N(C)C(=O)N1CC2(CNC2)C1. The normalized spacial score (nSPS) is 18.9. The fraction of sp³-hybridized carbons (Fsp3) is 0.533. The number of rotatable bonds is 3. The van der Waals surface area contributed by atoms with Crippen LogP contribution in [0, 0.1) is 5.41 Å². The van der Waals surface area contributed by atoms with Gasteiger partial charge in [-0.1, -0.05) is 11.6 Å². The first-order valence-corrected chi connectivity index (χ1v) is 7.58. The van der Waals surface area contributed by atoms with Crippen LogP contribution in [0.15, 0.2) is 18.2 Å². The second-order valence-electron chi connectivity index (χ2n) is 5.85. The lowest BCUT2D eigenvalue weighted by atomic mass is 9.75. The van der Waals surface area contributed by atoms with E-state index in [0.717, 1.165) is 31.9 Å². The largest absolute Gasteiger partial charge is 0.492 e. The Morgan fingerprint density at radius 3 is 2.76 bits per heavy atom. The molecule has 1 aromatic rings. The molecule has 0 aromatic heterocycles. The Bertz CT molecular complexity index is 552. The first-order chi connectivity index (χ1) is 10.0. The molecule has 2 aliphatic heterocycles. The van der Waals surface area contributed by atoms with Gasteiger partial charge in [-0.2, -0.15) is 0 Å². The summed E-state index contributed by atoms with van der Waals surface area (Å²) in [5.74, 6) is 0.640. The zero-order chi connectivity index (χ0) is 15.0. The molecule has 5 nitrogen and oxygen atoms in total. The highest BCUT2D eigenvalue weighted by atomic mass is 35.5. The van der Waals surface area contributed by atoms with E-state index in [1.807, 2.05) is 17.9 Å². The molecule has 6 heteroatoms. The van der Waals surface area contributed by atoms with E-state index in [1.54, 1.807) is 24.1 Å². The Morgan fingerprint density at radius 2 is 2.19 bits per heavy atom. The molecule has 1 N–H and O–H groups in total. The van der Waals surface area contributed by atoms with Gasteiger partial charge in [0.15, 0.2) is 0 Å². The third-order valence-corrected chi connectivity index (χ3v) is 4.43. The summed E-state index contributed by atoms with van der Waals surface area (Å²) in [6, 6.07) is 5.36. The number of carbonyl (C=O) groups excluding carboxylic acids is 1. The maximum atomic E-state index is 12.5. The summed E-state index contributed by atoms with van der Waals surface area (Å²) < 4.78 is 5.59. The topological polar surface area (TPSA) is 44.8 Å². The molecular formula is C15H20ClN3O2. The van der Waals surface area contributed by atoms with Crippen molar-refractivity contribution in [1.82, 2.24) is 10.2 Å². The van der Waals surface area contributed by atoms with Gasteiger partial charge in [-0.3, -0.25) is 4.90 Å². The van der Waals surface area contributed by atoms with Crippen LogP contribution in [-0.2, 0) is 0 Å². The van der Waals surface area contributed by atoms with Gasteiger partial charge in [0.1, 0.15) is 5.75 Å². The van der Waals surface area contributed by atoms with E-state index >= 15 is 0 Å². The predicted octanol–water partition coefficient (Wildman–Crippen LogP) is 2.20. The van der Waals surface area contributed by atoms with E-state index < -0.39 is 0 Å². The van der Waals surface area contributed by atoms with Crippen molar-refractivity contribution in [2.75, 3.05) is 44.7 Å². The molecule has 0 radical (unpaired) electrons. The second-order valence-corrected chi connectivity index (χ2v) is 6.28. The van der Waals surface area contributed by atoms with E-state index in [1.165, 1.54) is 0 Å². The summed E-state index contributed by atoms with van der Waals surface area (Å²) in [6.07, 6.45) is 0. The molecule has 1 spiro atoms. The first-order valence-electron chi connectivity index (χ1n) is 7.20. The maximum absolute atomic E-state index is 12.5. The summed E-state index contributed by atoms with van der Waals surface area (Å²) in [5, 5.41) is 3.87. The fourth-order valence-electron chi connectivity index (χ4n) is 2.95. The van der Waals surface area contributed by atoms with Gasteiger partial charge in [0.25, 0.3) is 0 Å². The van der Waals surface area contributed by atoms with Crippen molar-refractivity contribution in [3.8, 4) is 5.75 Å². The van der Waals surface area contributed by atoms with E-state index in [0.29, 0.717) is 22.8 Å². The molecule has 2 aliphatic rings. The molecule has 2 saturated heterocycles. The number of urea groups is 1. The number of likely N-dealkylation sites (tertiary alicyclic amines) is 1. The molecule has 3 rings (SSSR count). The van der Waals surface area contributed by atoms with E-state index in [4.69, 9.17) is 16.3 Å². The molecule has 114 valence electrons. The molecule has 0 atom stereocenters. The predicted molar refractivity (Wildman–Crippen MR) is 83.3 cm³/mol. The van der Waals surface area contributed by atoms with E-state index in [9.17, 15) is 4.79 Å². The van der Waals surface area contributed by atoms with Crippen molar-refractivity contribution < 1.29 is 9.53 Å². The van der Waals surface area contributed by atoms with Crippen molar-refractivity contribution >= 4 is 23.3 Å². The zero-order valence-corrected chi connectivity index (χ0v) is 13.1. The minimum absolute atomic E-state index is 0.0100.